The summed E-state index contributed by atoms with van der Waals surface area (Å²) in [7, 11) is 0.322. The van der Waals surface area contributed by atoms with Crippen molar-refractivity contribution < 1.29 is 22.9 Å². The summed E-state index contributed by atoms with van der Waals surface area (Å²) in [5.74, 6) is -0.211. The van der Waals surface area contributed by atoms with E-state index in [1.807, 2.05) is 19.0 Å². The van der Waals surface area contributed by atoms with Crippen molar-refractivity contribution in [3.8, 4) is 0 Å². The Hall–Kier alpha value is -0.960. The minimum absolute atomic E-state index is 0. The zero-order valence-electron chi connectivity index (χ0n) is 12.4. The van der Waals surface area contributed by atoms with Gasteiger partial charge in [-0.05, 0) is 40.4 Å². The first kappa shape index (κ1) is 21.3. The average Bonchev–Trinajstić information content (AvgIpc) is 2.27. The van der Waals surface area contributed by atoms with E-state index in [1.165, 1.54) is 0 Å². The molecule has 0 heterocycles. The molecule has 0 radical (unpaired) electrons. The molecule has 8 heteroatoms. The van der Waals surface area contributed by atoms with Crippen LogP contribution >= 0.6 is 0 Å². The molecule has 7 nitrogen and oxygen atoms in total. The van der Waals surface area contributed by atoms with Gasteiger partial charge >= 0.3 is 0 Å². The molecule has 0 atom stereocenters. The molecule has 0 aromatic rings. The Balaban J connectivity index is 0. The lowest BCUT2D eigenvalue weighted by Crippen LogP contribution is -2.26. The van der Waals surface area contributed by atoms with Gasteiger partial charge in [0.15, 0.2) is 0 Å². The fourth-order valence-electron chi connectivity index (χ4n) is 1.23. The highest BCUT2D eigenvalue weighted by molar-refractivity contribution is 7.86. The summed E-state index contributed by atoms with van der Waals surface area (Å²) in [6, 6.07) is 0. The number of nitrogens with one attached hydrogen (secondary N) is 1. The van der Waals surface area contributed by atoms with Crippen LogP contribution in [0.4, 0.5) is 0 Å². The highest BCUT2D eigenvalue weighted by Crippen LogP contribution is 1.98. The molecule has 0 saturated heterocycles. The van der Waals surface area contributed by atoms with Crippen molar-refractivity contribution in [3.63, 3.8) is 0 Å². The van der Waals surface area contributed by atoms with Gasteiger partial charge in [0.1, 0.15) is 0 Å². The zero-order chi connectivity index (χ0) is 14.9. The fraction of sp³-hybridized carbons (Fsp3) is 0.750. The van der Waals surface area contributed by atoms with Crippen LogP contribution in [-0.4, -0.2) is 64.2 Å². The molecule has 0 aromatic carbocycles. The zero-order valence-corrected chi connectivity index (χ0v) is 13.3. The minimum Gasteiger partial charge on any atom is -0.412 e. The highest BCUT2D eigenvalue weighted by atomic mass is 32.2. The predicted molar refractivity (Wildman–Crippen MR) is 79.0 cm³/mol. The van der Waals surface area contributed by atoms with Gasteiger partial charge in [0.2, 0.25) is 5.91 Å². The average molecular weight is 310 g/mol. The van der Waals surface area contributed by atoms with Crippen LogP contribution in [0.15, 0.2) is 12.2 Å². The summed E-state index contributed by atoms with van der Waals surface area (Å²) in [4.78, 5) is 13.1. The van der Waals surface area contributed by atoms with E-state index in [0.717, 1.165) is 0 Å². The number of hydrogen-bond donors (Lipinski definition) is 1. The second kappa shape index (κ2) is 10.8. The van der Waals surface area contributed by atoms with Crippen LogP contribution in [0.2, 0.25) is 0 Å². The van der Waals surface area contributed by atoms with Crippen LogP contribution in [0.3, 0.4) is 0 Å². The molecule has 0 spiro atoms. The summed E-state index contributed by atoms with van der Waals surface area (Å²) in [6.45, 7) is 6.27. The summed E-state index contributed by atoms with van der Waals surface area (Å²) < 4.78 is 27.8. The molecule has 20 heavy (non-hydrogen) atoms. The molecule has 0 fully saturated rings. The Labute approximate surface area is 121 Å². The van der Waals surface area contributed by atoms with Gasteiger partial charge in [0.05, 0.1) is 12.4 Å². The minimum atomic E-state index is -3.45. The standard InChI is InChI=1S/C12H24N2O4S.H2O/c1-11(2)12(15)13-7-5-9-18-19(16,17)10-6-8-14(3)4;/h1,5-10H2,2-4H3,(H,13,15);1H2. The van der Waals surface area contributed by atoms with Gasteiger partial charge in [-0.1, -0.05) is 6.58 Å². The van der Waals surface area contributed by atoms with Crippen molar-refractivity contribution in [1.29, 1.82) is 0 Å². The van der Waals surface area contributed by atoms with Gasteiger partial charge in [0, 0.05) is 12.1 Å². The Morgan fingerprint density at radius 1 is 1.30 bits per heavy atom. The van der Waals surface area contributed by atoms with Crippen LogP contribution in [0.1, 0.15) is 19.8 Å². The molecule has 0 aliphatic rings. The number of rotatable bonds is 10. The second-order valence-electron chi connectivity index (χ2n) is 4.63. The summed E-state index contributed by atoms with van der Waals surface area (Å²) >= 11 is 0. The molecule has 0 aromatic heterocycles. The van der Waals surface area contributed by atoms with Gasteiger partial charge < -0.3 is 15.7 Å². The third-order valence-corrected chi connectivity index (χ3v) is 3.57. The van der Waals surface area contributed by atoms with Crippen molar-refractivity contribution in [2.45, 2.75) is 19.8 Å². The first-order valence-corrected chi connectivity index (χ1v) is 7.78. The van der Waals surface area contributed by atoms with Crippen LogP contribution in [0.5, 0.6) is 0 Å². The second-order valence-corrected chi connectivity index (χ2v) is 6.39. The Morgan fingerprint density at radius 3 is 2.40 bits per heavy atom. The van der Waals surface area contributed by atoms with Crippen molar-refractivity contribution in [2.24, 2.45) is 0 Å². The van der Waals surface area contributed by atoms with E-state index >= 15 is 0 Å². The maximum absolute atomic E-state index is 11.5. The number of hydrogen-bond acceptors (Lipinski definition) is 5. The quantitative estimate of drug-likeness (QED) is 0.334. The fourth-order valence-corrected chi connectivity index (χ4v) is 2.20. The van der Waals surface area contributed by atoms with Crippen LogP contribution < -0.4 is 5.32 Å². The van der Waals surface area contributed by atoms with Gasteiger partial charge in [-0.3, -0.25) is 8.98 Å². The lowest BCUT2D eigenvalue weighted by Gasteiger charge is -2.09. The topological polar surface area (TPSA) is 107 Å². The van der Waals surface area contributed by atoms with E-state index in [-0.39, 0.29) is 23.7 Å². The van der Waals surface area contributed by atoms with Crippen molar-refractivity contribution in [2.75, 3.05) is 39.5 Å². The van der Waals surface area contributed by atoms with E-state index in [0.29, 0.717) is 31.5 Å². The molecule has 0 bridgehead atoms. The Kier molecular flexibility index (Phi) is 11.5. The largest absolute Gasteiger partial charge is 0.412 e. The third-order valence-electron chi connectivity index (χ3n) is 2.26. The molecule has 0 rings (SSSR count). The van der Waals surface area contributed by atoms with E-state index in [9.17, 15) is 13.2 Å². The first-order chi connectivity index (χ1) is 8.74. The molecule has 0 saturated carbocycles. The summed E-state index contributed by atoms with van der Waals surface area (Å²) in [5, 5.41) is 2.61. The third kappa shape index (κ3) is 12.1. The van der Waals surface area contributed by atoms with Crippen LogP contribution in [0, 0.1) is 0 Å². The van der Waals surface area contributed by atoms with Crippen LogP contribution in [-0.2, 0) is 19.1 Å². The van der Waals surface area contributed by atoms with E-state index in [2.05, 4.69) is 11.9 Å². The number of amides is 1. The molecular formula is C12H26N2O5S. The van der Waals surface area contributed by atoms with Crippen molar-refractivity contribution >= 4 is 16.0 Å². The van der Waals surface area contributed by atoms with Gasteiger partial charge in [-0.15, -0.1) is 0 Å². The van der Waals surface area contributed by atoms with Crippen molar-refractivity contribution in [1.82, 2.24) is 10.2 Å². The SMILES string of the molecule is C=C(C)C(=O)NCCCOS(=O)(=O)CCCN(C)C.O. The normalized spacial score (nSPS) is 11.0. The van der Waals surface area contributed by atoms with Crippen molar-refractivity contribution in [3.05, 3.63) is 12.2 Å². The molecule has 3 N–H and O–H groups in total. The maximum atomic E-state index is 11.5. The monoisotopic (exact) mass is 310 g/mol. The van der Waals surface area contributed by atoms with Gasteiger partial charge in [-0.2, -0.15) is 8.42 Å². The molecule has 0 unspecified atom stereocenters. The van der Waals surface area contributed by atoms with E-state index in [4.69, 9.17) is 4.18 Å². The van der Waals surface area contributed by atoms with Crippen LogP contribution in [0.25, 0.3) is 0 Å². The molecule has 0 aliphatic heterocycles. The van der Waals surface area contributed by atoms with Gasteiger partial charge in [-0.25, -0.2) is 0 Å². The van der Waals surface area contributed by atoms with Gasteiger partial charge in [0.25, 0.3) is 10.1 Å². The predicted octanol–water partition coefficient (Wildman–Crippen LogP) is -0.458. The first-order valence-electron chi connectivity index (χ1n) is 6.20. The summed E-state index contributed by atoms with van der Waals surface area (Å²) in [5.41, 5.74) is 0.428. The number of carbonyl (C=O) groups is 1. The molecule has 0 aliphatic carbocycles. The molecule has 1 amide bonds. The molecule has 120 valence electrons. The lowest BCUT2D eigenvalue weighted by atomic mass is 10.3. The Morgan fingerprint density at radius 2 is 1.90 bits per heavy atom. The number of nitrogens with zero attached hydrogens (tertiary/aromatic N) is 1. The molecular weight excluding hydrogens is 284 g/mol. The number of carbonyl (C=O) groups excluding carboxylic acids is 1. The maximum Gasteiger partial charge on any atom is 0.267 e. The highest BCUT2D eigenvalue weighted by Gasteiger charge is 2.10. The van der Waals surface area contributed by atoms with E-state index in [1.54, 1.807) is 6.92 Å². The summed E-state index contributed by atoms with van der Waals surface area (Å²) in [6.07, 6.45) is 0.994. The lowest BCUT2D eigenvalue weighted by molar-refractivity contribution is -0.117. The Bertz CT molecular complexity index is 393. The van der Waals surface area contributed by atoms with E-state index < -0.39 is 10.1 Å². The smallest absolute Gasteiger partial charge is 0.267 e.